The van der Waals surface area contributed by atoms with Crippen molar-refractivity contribution in [1.82, 2.24) is 14.8 Å². The third-order valence-electron chi connectivity index (χ3n) is 2.14. The minimum Gasteiger partial charge on any atom is -0.493 e. The molecule has 0 atom stereocenters. The van der Waals surface area contributed by atoms with Gasteiger partial charge in [0.25, 0.3) is 0 Å². The molecule has 17 heavy (non-hydrogen) atoms. The van der Waals surface area contributed by atoms with Crippen LogP contribution in [0, 0.1) is 0 Å². The Morgan fingerprint density at radius 2 is 1.88 bits per heavy atom. The first-order chi connectivity index (χ1) is 8.25. The summed E-state index contributed by atoms with van der Waals surface area (Å²) in [5.41, 5.74) is 0.917. The average molecular weight is 233 g/mol. The highest BCUT2D eigenvalue weighted by Crippen LogP contribution is 2.14. The number of aliphatic carboxylic acids is 1. The van der Waals surface area contributed by atoms with Crippen molar-refractivity contribution in [3.05, 3.63) is 36.9 Å². The van der Waals surface area contributed by atoms with E-state index < -0.39 is 5.97 Å². The minimum atomic E-state index is -0.869. The maximum absolute atomic E-state index is 10.3. The van der Waals surface area contributed by atoms with E-state index in [4.69, 9.17) is 9.84 Å². The van der Waals surface area contributed by atoms with Crippen LogP contribution in [0.5, 0.6) is 5.75 Å². The summed E-state index contributed by atoms with van der Waals surface area (Å²) >= 11 is 0. The molecule has 0 aliphatic rings. The predicted octanol–water partition coefficient (Wildman–Crippen LogP) is 1.12. The second-order valence-corrected chi connectivity index (χ2v) is 3.36. The van der Waals surface area contributed by atoms with Crippen LogP contribution in [-0.2, 0) is 4.79 Å². The number of carboxylic acids is 1. The van der Waals surface area contributed by atoms with Gasteiger partial charge < -0.3 is 9.84 Å². The molecule has 88 valence electrons. The van der Waals surface area contributed by atoms with E-state index in [0.717, 1.165) is 5.69 Å². The zero-order valence-corrected chi connectivity index (χ0v) is 8.98. The molecule has 1 heterocycles. The van der Waals surface area contributed by atoms with Crippen LogP contribution in [-0.4, -0.2) is 32.4 Å². The van der Waals surface area contributed by atoms with Gasteiger partial charge in [0.15, 0.2) is 0 Å². The summed E-state index contributed by atoms with van der Waals surface area (Å²) in [5, 5.41) is 15.9. The van der Waals surface area contributed by atoms with Crippen molar-refractivity contribution >= 4 is 5.97 Å². The lowest BCUT2D eigenvalue weighted by molar-refractivity contribution is -0.137. The number of aromatic nitrogens is 3. The number of carboxylic acid groups (broad SMARTS) is 1. The van der Waals surface area contributed by atoms with Crippen LogP contribution in [0.2, 0.25) is 0 Å². The van der Waals surface area contributed by atoms with Crippen LogP contribution in [0.15, 0.2) is 36.9 Å². The Hall–Kier alpha value is -2.37. The topological polar surface area (TPSA) is 77.2 Å². The van der Waals surface area contributed by atoms with E-state index in [1.165, 1.54) is 0 Å². The second-order valence-electron chi connectivity index (χ2n) is 3.36. The van der Waals surface area contributed by atoms with Crippen molar-refractivity contribution in [2.45, 2.75) is 6.42 Å². The molecule has 0 unspecified atom stereocenters. The summed E-state index contributed by atoms with van der Waals surface area (Å²) in [7, 11) is 0. The SMILES string of the molecule is O=C(O)CCOc1ccc(-n2cnnc2)cc1. The molecule has 0 spiro atoms. The fraction of sp³-hybridized carbons (Fsp3) is 0.182. The molecule has 6 nitrogen and oxygen atoms in total. The van der Waals surface area contributed by atoms with E-state index in [1.807, 2.05) is 12.1 Å². The molecular weight excluding hydrogens is 222 g/mol. The lowest BCUT2D eigenvalue weighted by Crippen LogP contribution is -2.04. The Morgan fingerprint density at radius 1 is 1.24 bits per heavy atom. The van der Waals surface area contributed by atoms with Crippen LogP contribution in [0.25, 0.3) is 5.69 Å². The third kappa shape index (κ3) is 3.04. The van der Waals surface area contributed by atoms with Crippen molar-refractivity contribution in [1.29, 1.82) is 0 Å². The largest absolute Gasteiger partial charge is 0.493 e. The van der Waals surface area contributed by atoms with Gasteiger partial charge in [0.1, 0.15) is 18.4 Å². The maximum atomic E-state index is 10.3. The van der Waals surface area contributed by atoms with E-state index in [-0.39, 0.29) is 13.0 Å². The van der Waals surface area contributed by atoms with E-state index in [2.05, 4.69) is 10.2 Å². The van der Waals surface area contributed by atoms with Crippen molar-refractivity contribution in [3.63, 3.8) is 0 Å². The zero-order valence-electron chi connectivity index (χ0n) is 8.98. The zero-order chi connectivity index (χ0) is 12.1. The molecule has 1 aromatic carbocycles. The van der Waals surface area contributed by atoms with Crippen molar-refractivity contribution in [2.24, 2.45) is 0 Å². The fourth-order valence-corrected chi connectivity index (χ4v) is 1.30. The molecule has 0 saturated heterocycles. The minimum absolute atomic E-state index is 0.00675. The number of rotatable bonds is 5. The first-order valence-electron chi connectivity index (χ1n) is 5.05. The molecule has 0 aliphatic carbocycles. The van der Waals surface area contributed by atoms with Gasteiger partial charge in [-0.3, -0.25) is 9.36 Å². The van der Waals surface area contributed by atoms with E-state index in [1.54, 1.807) is 29.4 Å². The predicted molar refractivity (Wildman–Crippen MR) is 59.1 cm³/mol. The van der Waals surface area contributed by atoms with Gasteiger partial charge in [-0.2, -0.15) is 0 Å². The molecule has 2 aromatic rings. The van der Waals surface area contributed by atoms with Crippen molar-refractivity contribution in [3.8, 4) is 11.4 Å². The number of nitrogens with zero attached hydrogens (tertiary/aromatic N) is 3. The van der Waals surface area contributed by atoms with Crippen LogP contribution >= 0.6 is 0 Å². The number of hydrogen-bond acceptors (Lipinski definition) is 4. The molecule has 0 saturated carbocycles. The summed E-state index contributed by atoms with van der Waals surface area (Å²) in [6.07, 6.45) is 3.19. The van der Waals surface area contributed by atoms with Gasteiger partial charge in [-0.05, 0) is 24.3 Å². The van der Waals surface area contributed by atoms with E-state index >= 15 is 0 Å². The average Bonchev–Trinajstić information content (AvgIpc) is 2.83. The van der Waals surface area contributed by atoms with Crippen LogP contribution in [0.4, 0.5) is 0 Å². The number of hydrogen-bond donors (Lipinski definition) is 1. The molecule has 0 bridgehead atoms. The number of ether oxygens (including phenoxy) is 1. The van der Waals surface area contributed by atoms with Gasteiger partial charge in [-0.25, -0.2) is 0 Å². The van der Waals surface area contributed by atoms with Gasteiger partial charge in [0, 0.05) is 5.69 Å². The van der Waals surface area contributed by atoms with Crippen LogP contribution in [0.3, 0.4) is 0 Å². The quantitative estimate of drug-likeness (QED) is 0.837. The highest BCUT2D eigenvalue weighted by molar-refractivity contribution is 5.66. The van der Waals surface area contributed by atoms with Gasteiger partial charge in [-0.1, -0.05) is 0 Å². The molecule has 1 N–H and O–H groups in total. The van der Waals surface area contributed by atoms with Gasteiger partial charge >= 0.3 is 5.97 Å². The maximum Gasteiger partial charge on any atom is 0.306 e. The second kappa shape index (κ2) is 5.11. The Bertz CT molecular complexity index is 479. The summed E-state index contributed by atoms with van der Waals surface area (Å²) < 4.78 is 7.03. The first-order valence-corrected chi connectivity index (χ1v) is 5.05. The molecular formula is C11H11N3O3. The van der Waals surface area contributed by atoms with Crippen molar-refractivity contribution < 1.29 is 14.6 Å². The van der Waals surface area contributed by atoms with Crippen LogP contribution < -0.4 is 4.74 Å². The molecule has 0 amide bonds. The molecule has 0 fully saturated rings. The standard InChI is InChI=1S/C11H11N3O3/c15-11(16)5-6-17-10-3-1-9(2-4-10)14-7-12-13-8-14/h1-4,7-8H,5-6H2,(H,15,16). The van der Waals surface area contributed by atoms with Crippen LogP contribution in [0.1, 0.15) is 6.42 Å². The molecule has 2 rings (SSSR count). The summed E-state index contributed by atoms with van der Waals surface area (Å²) in [4.78, 5) is 10.3. The lowest BCUT2D eigenvalue weighted by Gasteiger charge is -2.05. The monoisotopic (exact) mass is 233 g/mol. The fourth-order valence-electron chi connectivity index (χ4n) is 1.30. The summed E-state index contributed by atoms with van der Waals surface area (Å²) in [5.74, 6) is -0.228. The Balaban J connectivity index is 1.96. The van der Waals surface area contributed by atoms with Gasteiger partial charge in [0.05, 0.1) is 13.0 Å². The molecule has 1 aromatic heterocycles. The Labute approximate surface area is 97.5 Å². The lowest BCUT2D eigenvalue weighted by atomic mass is 10.3. The molecule has 0 aliphatic heterocycles. The Kier molecular flexibility index (Phi) is 3.34. The smallest absolute Gasteiger partial charge is 0.306 e. The number of benzene rings is 1. The first kappa shape index (κ1) is 11.1. The third-order valence-corrected chi connectivity index (χ3v) is 2.14. The highest BCUT2D eigenvalue weighted by Gasteiger charge is 2.00. The molecule has 6 heteroatoms. The van der Waals surface area contributed by atoms with Gasteiger partial charge in [0.2, 0.25) is 0 Å². The normalized spacial score (nSPS) is 10.1. The van der Waals surface area contributed by atoms with E-state index in [0.29, 0.717) is 5.75 Å². The van der Waals surface area contributed by atoms with Gasteiger partial charge in [-0.15, -0.1) is 10.2 Å². The summed E-state index contributed by atoms with van der Waals surface area (Å²) in [6, 6.07) is 7.24. The van der Waals surface area contributed by atoms with E-state index in [9.17, 15) is 4.79 Å². The number of carbonyl (C=O) groups is 1. The van der Waals surface area contributed by atoms with Crippen molar-refractivity contribution in [2.75, 3.05) is 6.61 Å². The Morgan fingerprint density at radius 3 is 2.47 bits per heavy atom. The highest BCUT2D eigenvalue weighted by atomic mass is 16.5. The summed E-state index contributed by atoms with van der Waals surface area (Å²) in [6.45, 7) is 0.168. The molecule has 0 radical (unpaired) electrons.